The van der Waals surface area contributed by atoms with Gasteiger partial charge in [-0.25, -0.2) is 8.42 Å². The van der Waals surface area contributed by atoms with Crippen LogP contribution in [0.1, 0.15) is 10.4 Å². The normalized spacial score (nSPS) is 19.4. The number of carbonyl (C=O) groups is 1. The van der Waals surface area contributed by atoms with E-state index < -0.39 is 10.0 Å². The minimum absolute atomic E-state index is 0.0895. The number of nitrogens with zero attached hydrogens (tertiary/aromatic N) is 2. The van der Waals surface area contributed by atoms with Gasteiger partial charge in [0.05, 0.1) is 43.8 Å². The smallest absolute Gasteiger partial charge is 0.258 e. The number of hydrogen-bond acceptors (Lipinski definition) is 3. The lowest BCUT2D eigenvalue weighted by atomic mass is 10.1. The van der Waals surface area contributed by atoms with Gasteiger partial charge in [-0.05, 0) is 18.2 Å². The third kappa shape index (κ3) is 2.08. The molecule has 24 heavy (non-hydrogen) atoms. The van der Waals surface area contributed by atoms with Gasteiger partial charge in [-0.1, -0.05) is 12.1 Å². The number of rotatable bonds is 2. The van der Waals surface area contributed by atoms with E-state index in [0.717, 1.165) is 24.2 Å². The first kappa shape index (κ1) is 15.6. The van der Waals surface area contributed by atoms with Crippen molar-refractivity contribution in [2.75, 3.05) is 45.2 Å². The monoisotopic (exact) mass is 346 g/mol. The predicted octanol–water partition coefficient (Wildman–Crippen LogP) is -0.0512. The fourth-order valence-electron chi connectivity index (χ4n) is 3.58. The van der Waals surface area contributed by atoms with Crippen LogP contribution in [0.15, 0.2) is 35.2 Å². The second kappa shape index (κ2) is 5.27. The Morgan fingerprint density at radius 2 is 1.79 bits per heavy atom. The summed E-state index contributed by atoms with van der Waals surface area (Å²) in [5, 5.41) is 1.37. The lowest BCUT2D eigenvalue weighted by Crippen LogP contribution is -3.12. The summed E-state index contributed by atoms with van der Waals surface area (Å²) in [5.41, 5.74) is 1.34. The summed E-state index contributed by atoms with van der Waals surface area (Å²) < 4.78 is 27.8. The standard InChI is InChI=1S/C17H19N3O3S/c1-18-8-10-20(11-9-18)24(22,23)15-7-6-14-16-12(15)4-3-5-13(16)17(21)19(14)2/h3-7H,8-11H2,1-2H3/p+1. The molecule has 1 N–H and O–H groups in total. The fraction of sp³-hybridized carbons (Fsp3) is 0.353. The summed E-state index contributed by atoms with van der Waals surface area (Å²) in [5.74, 6) is -0.0895. The van der Waals surface area contributed by atoms with Crippen molar-refractivity contribution >= 4 is 32.4 Å². The Morgan fingerprint density at radius 3 is 2.50 bits per heavy atom. The van der Waals surface area contributed by atoms with E-state index in [0.29, 0.717) is 28.9 Å². The third-order valence-corrected chi connectivity index (χ3v) is 7.03. The van der Waals surface area contributed by atoms with E-state index in [9.17, 15) is 13.2 Å². The van der Waals surface area contributed by atoms with Crippen LogP contribution in [0.25, 0.3) is 10.8 Å². The highest BCUT2D eigenvalue weighted by atomic mass is 32.2. The molecule has 6 nitrogen and oxygen atoms in total. The zero-order chi connectivity index (χ0) is 17.1. The first-order valence-electron chi connectivity index (χ1n) is 8.06. The molecule has 7 heteroatoms. The minimum Gasteiger partial charge on any atom is -0.335 e. The van der Waals surface area contributed by atoms with E-state index in [1.165, 1.54) is 4.90 Å². The molecule has 0 unspecified atom stereocenters. The number of quaternary nitrogens is 1. The summed E-state index contributed by atoms with van der Waals surface area (Å²) in [4.78, 5) is 15.6. The molecule has 2 aromatic carbocycles. The Bertz CT molecular complexity index is 947. The molecule has 2 aromatic rings. The van der Waals surface area contributed by atoms with Crippen LogP contribution in [-0.4, -0.2) is 58.9 Å². The van der Waals surface area contributed by atoms with Crippen LogP contribution in [0.5, 0.6) is 0 Å². The Hall–Kier alpha value is -1.96. The second-order valence-corrected chi connectivity index (χ2v) is 8.44. The van der Waals surface area contributed by atoms with E-state index in [1.54, 1.807) is 46.6 Å². The van der Waals surface area contributed by atoms with Crippen LogP contribution in [0.2, 0.25) is 0 Å². The van der Waals surface area contributed by atoms with Crippen LogP contribution < -0.4 is 9.80 Å². The highest BCUT2D eigenvalue weighted by Gasteiger charge is 2.34. The van der Waals surface area contributed by atoms with E-state index in [2.05, 4.69) is 7.05 Å². The van der Waals surface area contributed by atoms with Crippen LogP contribution in [0.3, 0.4) is 0 Å². The van der Waals surface area contributed by atoms with Crippen molar-refractivity contribution in [2.24, 2.45) is 0 Å². The highest BCUT2D eigenvalue weighted by Crippen LogP contribution is 2.39. The Balaban J connectivity index is 1.89. The summed E-state index contributed by atoms with van der Waals surface area (Å²) in [6.45, 7) is 2.66. The molecule has 0 aliphatic carbocycles. The van der Waals surface area contributed by atoms with Crippen molar-refractivity contribution in [2.45, 2.75) is 4.90 Å². The summed E-state index contributed by atoms with van der Waals surface area (Å²) in [7, 11) is 0.228. The minimum atomic E-state index is -3.56. The van der Waals surface area contributed by atoms with Crippen molar-refractivity contribution in [3.8, 4) is 0 Å². The Morgan fingerprint density at radius 1 is 1.08 bits per heavy atom. The van der Waals surface area contributed by atoms with Crippen LogP contribution in [0, 0.1) is 0 Å². The Kier molecular flexibility index (Phi) is 3.42. The molecule has 2 aliphatic heterocycles. The highest BCUT2D eigenvalue weighted by molar-refractivity contribution is 7.89. The zero-order valence-corrected chi connectivity index (χ0v) is 14.6. The number of sulfonamides is 1. The molecule has 0 atom stereocenters. The maximum Gasteiger partial charge on any atom is 0.258 e. The molecule has 1 saturated heterocycles. The molecule has 0 saturated carbocycles. The maximum atomic E-state index is 13.1. The quantitative estimate of drug-likeness (QED) is 0.829. The van der Waals surface area contributed by atoms with Gasteiger partial charge >= 0.3 is 0 Å². The molecular formula is C17H20N3O3S+. The number of amides is 1. The lowest BCUT2D eigenvalue weighted by molar-refractivity contribution is -0.883. The predicted molar refractivity (Wildman–Crippen MR) is 92.1 cm³/mol. The molecule has 0 aromatic heterocycles. The van der Waals surface area contributed by atoms with Crippen LogP contribution in [0.4, 0.5) is 5.69 Å². The summed E-state index contributed by atoms with van der Waals surface area (Å²) in [6, 6.07) is 8.68. The van der Waals surface area contributed by atoms with Crippen molar-refractivity contribution in [1.82, 2.24) is 4.31 Å². The molecule has 4 rings (SSSR count). The number of piperazine rings is 1. The first-order chi connectivity index (χ1) is 11.4. The summed E-state index contributed by atoms with van der Waals surface area (Å²) >= 11 is 0. The molecule has 2 heterocycles. The fourth-order valence-corrected chi connectivity index (χ4v) is 5.21. The van der Waals surface area contributed by atoms with Crippen molar-refractivity contribution in [1.29, 1.82) is 0 Å². The van der Waals surface area contributed by atoms with E-state index in [-0.39, 0.29) is 5.91 Å². The van der Waals surface area contributed by atoms with E-state index in [1.807, 2.05) is 0 Å². The van der Waals surface area contributed by atoms with Crippen molar-refractivity contribution < 1.29 is 18.1 Å². The van der Waals surface area contributed by atoms with E-state index >= 15 is 0 Å². The van der Waals surface area contributed by atoms with Gasteiger partial charge in [-0.2, -0.15) is 4.31 Å². The molecular weight excluding hydrogens is 326 g/mol. The number of carbonyl (C=O) groups excluding carboxylic acids is 1. The van der Waals surface area contributed by atoms with Gasteiger partial charge in [0.25, 0.3) is 5.91 Å². The number of nitrogens with one attached hydrogen (secondary N) is 1. The summed E-state index contributed by atoms with van der Waals surface area (Å²) in [6.07, 6.45) is 0. The maximum absolute atomic E-state index is 13.1. The van der Waals surface area contributed by atoms with Crippen LogP contribution >= 0.6 is 0 Å². The van der Waals surface area contributed by atoms with Gasteiger partial charge in [-0.15, -0.1) is 0 Å². The molecule has 0 spiro atoms. The van der Waals surface area contributed by atoms with Gasteiger partial charge in [0.15, 0.2) is 0 Å². The average Bonchev–Trinajstić information content (AvgIpc) is 2.82. The molecule has 0 bridgehead atoms. The van der Waals surface area contributed by atoms with Gasteiger partial charge in [0.1, 0.15) is 0 Å². The zero-order valence-electron chi connectivity index (χ0n) is 13.7. The topological polar surface area (TPSA) is 62.1 Å². The van der Waals surface area contributed by atoms with Gasteiger partial charge in [0.2, 0.25) is 10.0 Å². The molecule has 1 fully saturated rings. The molecule has 126 valence electrons. The number of benzene rings is 2. The number of anilines is 1. The second-order valence-electron chi connectivity index (χ2n) is 6.54. The van der Waals surface area contributed by atoms with Crippen molar-refractivity contribution in [3.63, 3.8) is 0 Å². The van der Waals surface area contributed by atoms with Gasteiger partial charge in [-0.3, -0.25) is 4.79 Å². The SMILES string of the molecule is CN1C(=O)c2cccc3c(S(=O)(=O)N4CC[NH+](C)CC4)ccc1c23. The Labute approximate surface area is 141 Å². The molecule has 2 aliphatic rings. The number of hydrogen-bond donors (Lipinski definition) is 1. The lowest BCUT2D eigenvalue weighted by Gasteiger charge is -2.29. The van der Waals surface area contributed by atoms with Crippen LogP contribution in [-0.2, 0) is 10.0 Å². The molecule has 1 amide bonds. The number of likely N-dealkylation sites (N-methyl/N-ethyl adjacent to an activating group) is 1. The first-order valence-corrected chi connectivity index (χ1v) is 9.50. The largest absolute Gasteiger partial charge is 0.335 e. The molecule has 0 radical (unpaired) electrons. The van der Waals surface area contributed by atoms with Crippen molar-refractivity contribution in [3.05, 3.63) is 35.9 Å². The van der Waals surface area contributed by atoms with Gasteiger partial charge in [0, 0.05) is 23.4 Å². The third-order valence-electron chi connectivity index (χ3n) is 5.07. The van der Waals surface area contributed by atoms with Gasteiger partial charge < -0.3 is 9.80 Å². The van der Waals surface area contributed by atoms with E-state index in [4.69, 9.17) is 0 Å². The average molecular weight is 346 g/mol.